The number of hydrogen-bond donors (Lipinski definition) is 1. The third-order valence-electron chi connectivity index (χ3n) is 4.91. The third-order valence-corrected chi connectivity index (χ3v) is 6.00. The number of nitriles is 3. The fourth-order valence-electron chi connectivity index (χ4n) is 3.75. The SMILES string of the molecule is Cc1ccc([C@H]2[C@H]3CN(C)CC=C3C(C#N)=C(N)C2(C#N)C#N)s1. The largest absolute Gasteiger partial charge is 0.399 e. The molecular formula is C18H17N5S. The number of hydrogen-bond acceptors (Lipinski definition) is 6. The van der Waals surface area contributed by atoms with Crippen LogP contribution >= 0.6 is 11.3 Å². The van der Waals surface area contributed by atoms with E-state index >= 15 is 0 Å². The van der Waals surface area contributed by atoms with E-state index in [9.17, 15) is 15.8 Å². The molecule has 6 heteroatoms. The van der Waals surface area contributed by atoms with Crippen molar-refractivity contribution in [3.05, 3.63) is 44.8 Å². The molecule has 3 rings (SSSR count). The van der Waals surface area contributed by atoms with Crippen LogP contribution in [0.2, 0.25) is 0 Å². The Bertz CT molecular complexity index is 856. The lowest BCUT2D eigenvalue weighted by Gasteiger charge is -2.44. The lowest BCUT2D eigenvalue weighted by Crippen LogP contribution is -2.47. The molecule has 1 aliphatic carbocycles. The van der Waals surface area contributed by atoms with E-state index in [1.54, 1.807) is 11.3 Å². The van der Waals surface area contributed by atoms with E-state index < -0.39 is 5.41 Å². The van der Waals surface area contributed by atoms with Gasteiger partial charge in [-0.2, -0.15) is 15.8 Å². The molecule has 5 nitrogen and oxygen atoms in total. The Morgan fingerprint density at radius 2 is 2.00 bits per heavy atom. The first kappa shape index (κ1) is 16.3. The first-order chi connectivity index (χ1) is 11.5. The van der Waals surface area contributed by atoms with E-state index in [-0.39, 0.29) is 17.5 Å². The molecule has 2 N–H and O–H groups in total. The van der Waals surface area contributed by atoms with Gasteiger partial charge in [0.2, 0.25) is 0 Å². The first-order valence-electron chi connectivity index (χ1n) is 7.66. The molecular weight excluding hydrogens is 318 g/mol. The molecule has 2 heterocycles. The van der Waals surface area contributed by atoms with Gasteiger partial charge >= 0.3 is 0 Å². The van der Waals surface area contributed by atoms with Gasteiger partial charge in [-0.15, -0.1) is 11.3 Å². The molecule has 0 radical (unpaired) electrons. The summed E-state index contributed by atoms with van der Waals surface area (Å²) in [4.78, 5) is 4.23. The minimum atomic E-state index is -1.51. The number of allylic oxidation sites excluding steroid dienone is 2. The number of likely N-dealkylation sites (N-methyl/N-ethyl adjacent to an activating group) is 1. The summed E-state index contributed by atoms with van der Waals surface area (Å²) >= 11 is 1.59. The van der Waals surface area contributed by atoms with Crippen molar-refractivity contribution < 1.29 is 0 Å². The van der Waals surface area contributed by atoms with Crippen molar-refractivity contribution in [2.24, 2.45) is 17.1 Å². The van der Waals surface area contributed by atoms with Crippen LogP contribution in [0.4, 0.5) is 0 Å². The Kier molecular flexibility index (Phi) is 3.93. The van der Waals surface area contributed by atoms with E-state index in [1.807, 2.05) is 32.2 Å². The molecule has 0 aromatic carbocycles. The van der Waals surface area contributed by atoms with Crippen molar-refractivity contribution >= 4 is 11.3 Å². The van der Waals surface area contributed by atoms with Gasteiger partial charge in [0.1, 0.15) is 6.07 Å². The maximum Gasteiger partial charge on any atom is 0.192 e. The average Bonchev–Trinajstić information content (AvgIpc) is 3.00. The molecule has 2 aliphatic rings. The fourth-order valence-corrected chi connectivity index (χ4v) is 4.86. The Labute approximate surface area is 145 Å². The molecule has 24 heavy (non-hydrogen) atoms. The van der Waals surface area contributed by atoms with Crippen LogP contribution in [-0.2, 0) is 0 Å². The summed E-state index contributed by atoms with van der Waals surface area (Å²) in [5.41, 5.74) is 6.00. The average molecular weight is 335 g/mol. The highest BCUT2D eigenvalue weighted by Gasteiger charge is 2.54. The molecule has 0 amide bonds. The predicted octanol–water partition coefficient (Wildman–Crippen LogP) is 2.41. The molecule has 1 aromatic heterocycles. The summed E-state index contributed by atoms with van der Waals surface area (Å²) < 4.78 is 0. The third kappa shape index (κ3) is 2.14. The van der Waals surface area contributed by atoms with Crippen LogP contribution in [-0.4, -0.2) is 25.0 Å². The van der Waals surface area contributed by atoms with Gasteiger partial charge in [0.05, 0.1) is 23.4 Å². The van der Waals surface area contributed by atoms with E-state index in [2.05, 4.69) is 23.1 Å². The highest BCUT2D eigenvalue weighted by molar-refractivity contribution is 7.12. The van der Waals surface area contributed by atoms with E-state index in [1.165, 1.54) is 0 Å². The van der Waals surface area contributed by atoms with Crippen LogP contribution in [0, 0.1) is 52.2 Å². The van der Waals surface area contributed by atoms with Gasteiger partial charge in [-0.25, -0.2) is 0 Å². The first-order valence-corrected chi connectivity index (χ1v) is 8.48. The van der Waals surface area contributed by atoms with Gasteiger partial charge in [0.15, 0.2) is 5.41 Å². The molecule has 0 bridgehead atoms. The van der Waals surface area contributed by atoms with Crippen molar-refractivity contribution in [3.63, 3.8) is 0 Å². The van der Waals surface area contributed by atoms with Gasteiger partial charge in [-0.3, -0.25) is 0 Å². The molecule has 0 spiro atoms. The van der Waals surface area contributed by atoms with Gasteiger partial charge in [0.25, 0.3) is 0 Å². The quantitative estimate of drug-likeness (QED) is 0.849. The minimum Gasteiger partial charge on any atom is -0.399 e. The van der Waals surface area contributed by atoms with Gasteiger partial charge in [-0.1, -0.05) is 6.08 Å². The Balaban J connectivity index is 2.33. The zero-order valence-electron chi connectivity index (χ0n) is 13.6. The topological polar surface area (TPSA) is 101 Å². The van der Waals surface area contributed by atoms with Crippen molar-refractivity contribution in [1.29, 1.82) is 15.8 Å². The van der Waals surface area contributed by atoms with Crippen molar-refractivity contribution in [2.45, 2.75) is 12.8 Å². The van der Waals surface area contributed by atoms with Crippen molar-refractivity contribution in [3.8, 4) is 18.2 Å². The maximum atomic E-state index is 9.90. The van der Waals surface area contributed by atoms with Crippen LogP contribution in [0.5, 0.6) is 0 Å². The maximum absolute atomic E-state index is 9.90. The number of nitrogens with zero attached hydrogens (tertiary/aromatic N) is 4. The lowest BCUT2D eigenvalue weighted by molar-refractivity contribution is 0.240. The highest BCUT2D eigenvalue weighted by atomic mass is 32.1. The van der Waals surface area contributed by atoms with Crippen LogP contribution in [0.3, 0.4) is 0 Å². The number of thiophene rings is 1. The summed E-state index contributed by atoms with van der Waals surface area (Å²) in [6, 6.07) is 10.4. The summed E-state index contributed by atoms with van der Waals surface area (Å²) in [5, 5.41) is 29.4. The summed E-state index contributed by atoms with van der Waals surface area (Å²) in [6.07, 6.45) is 2.01. The predicted molar refractivity (Wildman–Crippen MR) is 91.4 cm³/mol. The van der Waals surface area contributed by atoms with Gasteiger partial charge in [-0.05, 0) is 31.7 Å². The number of fused-ring (bicyclic) bond motifs is 1. The van der Waals surface area contributed by atoms with Crippen LogP contribution in [0.1, 0.15) is 15.7 Å². The minimum absolute atomic E-state index is 0.0944. The van der Waals surface area contributed by atoms with E-state index in [0.717, 1.165) is 21.9 Å². The van der Waals surface area contributed by atoms with Crippen LogP contribution in [0.15, 0.2) is 35.1 Å². The summed E-state index contributed by atoms with van der Waals surface area (Å²) in [6.45, 7) is 3.42. The van der Waals surface area contributed by atoms with Crippen LogP contribution in [0.25, 0.3) is 0 Å². The normalized spacial score (nSPS) is 25.9. The molecule has 1 aliphatic heterocycles. The standard InChI is InChI=1S/C18H17N5S/c1-11-3-4-15(24-11)16-14-8-23(2)6-5-12(14)13(7-19)17(22)18(16,9-20)10-21/h3-5,14,16H,6,8,22H2,1-2H3/t14-,16+/m0/s1. The smallest absolute Gasteiger partial charge is 0.192 e. The highest BCUT2D eigenvalue weighted by Crippen LogP contribution is 2.55. The molecule has 0 unspecified atom stereocenters. The molecule has 1 aromatic rings. The Morgan fingerprint density at radius 3 is 2.54 bits per heavy atom. The zero-order valence-corrected chi connectivity index (χ0v) is 14.4. The molecule has 0 saturated carbocycles. The lowest BCUT2D eigenvalue weighted by atomic mass is 9.59. The van der Waals surface area contributed by atoms with Crippen molar-refractivity contribution in [1.82, 2.24) is 4.90 Å². The number of nitrogens with two attached hydrogens (primary N) is 1. The Morgan fingerprint density at radius 1 is 1.29 bits per heavy atom. The molecule has 0 fully saturated rings. The van der Waals surface area contributed by atoms with Gasteiger partial charge < -0.3 is 10.6 Å². The monoisotopic (exact) mass is 335 g/mol. The van der Waals surface area contributed by atoms with Crippen LogP contribution < -0.4 is 5.73 Å². The van der Waals surface area contributed by atoms with Gasteiger partial charge in [0, 0.05) is 34.7 Å². The second-order valence-electron chi connectivity index (χ2n) is 6.35. The van der Waals surface area contributed by atoms with E-state index in [0.29, 0.717) is 12.1 Å². The fraction of sp³-hybridized carbons (Fsp3) is 0.389. The molecule has 120 valence electrons. The molecule has 0 saturated heterocycles. The number of rotatable bonds is 1. The zero-order chi connectivity index (χ0) is 17.5. The second-order valence-corrected chi connectivity index (χ2v) is 7.66. The summed E-state index contributed by atoms with van der Waals surface area (Å²) in [7, 11) is 2.00. The Hall–Kier alpha value is -2.59. The van der Waals surface area contributed by atoms with Crippen molar-refractivity contribution in [2.75, 3.05) is 20.1 Å². The summed E-state index contributed by atoms with van der Waals surface area (Å²) in [5.74, 6) is -0.458. The number of aryl methyl sites for hydroxylation is 1. The molecule has 2 atom stereocenters. The van der Waals surface area contributed by atoms with E-state index in [4.69, 9.17) is 5.73 Å². The second kappa shape index (κ2) is 5.80.